The Balaban J connectivity index is 2.75. The Morgan fingerprint density at radius 2 is 2.06 bits per heavy atom. The first kappa shape index (κ1) is 10.2. The number of aromatic hydroxyl groups is 1. The quantitative estimate of drug-likeness (QED) is 0.485. The summed E-state index contributed by atoms with van der Waals surface area (Å²) in [6.07, 6.45) is 1.19. The molecule has 0 heterocycles. The first-order chi connectivity index (χ1) is 7.56. The van der Waals surface area contributed by atoms with Crippen LogP contribution in [0.5, 0.6) is 5.75 Å². The fraction of sp³-hybridized carbons (Fsp3) is 0.0909. The molecule has 4 N–H and O–H groups in total. The van der Waals surface area contributed by atoms with Gasteiger partial charge in [0.25, 0.3) is 0 Å². The molecule has 0 spiro atoms. The Morgan fingerprint density at radius 3 is 2.69 bits per heavy atom. The van der Waals surface area contributed by atoms with E-state index >= 15 is 0 Å². The molecular weight excluding hydrogens is 208 g/mol. The maximum atomic E-state index is 11.7. The van der Waals surface area contributed by atoms with Crippen molar-refractivity contribution in [3.63, 3.8) is 0 Å². The molecule has 0 aliphatic heterocycles. The number of benzene rings is 1. The molecule has 1 aliphatic rings. The predicted octanol–water partition coefficient (Wildman–Crippen LogP) is 1.07. The SMILES string of the molecule is COC1=CC(=O)c2c(N)ccc(O)c2C1=N. The number of phenolic OH excluding ortho intramolecular Hbond substituents is 1. The van der Waals surface area contributed by atoms with Gasteiger partial charge in [-0.15, -0.1) is 0 Å². The third-order valence-electron chi connectivity index (χ3n) is 2.44. The lowest BCUT2D eigenvalue weighted by atomic mass is 9.91. The first-order valence-corrected chi connectivity index (χ1v) is 4.57. The van der Waals surface area contributed by atoms with Gasteiger partial charge in [0.2, 0.25) is 0 Å². The number of nitrogens with one attached hydrogen (secondary N) is 1. The van der Waals surface area contributed by atoms with Crippen molar-refractivity contribution in [3.8, 4) is 5.75 Å². The molecule has 1 aromatic rings. The van der Waals surface area contributed by atoms with E-state index in [1.807, 2.05) is 0 Å². The van der Waals surface area contributed by atoms with Gasteiger partial charge >= 0.3 is 0 Å². The van der Waals surface area contributed by atoms with Crippen molar-refractivity contribution in [2.75, 3.05) is 12.8 Å². The van der Waals surface area contributed by atoms with Crippen molar-refractivity contribution >= 4 is 17.2 Å². The van der Waals surface area contributed by atoms with Gasteiger partial charge in [-0.3, -0.25) is 10.2 Å². The number of ether oxygens (including phenoxy) is 1. The zero-order valence-corrected chi connectivity index (χ0v) is 8.57. The molecule has 1 aromatic carbocycles. The molecule has 0 amide bonds. The molecule has 2 rings (SSSR count). The molecular formula is C11H10N2O3. The lowest BCUT2D eigenvalue weighted by Crippen LogP contribution is -2.19. The molecule has 0 bridgehead atoms. The smallest absolute Gasteiger partial charge is 0.192 e. The number of ketones is 1. The number of phenols is 1. The first-order valence-electron chi connectivity index (χ1n) is 4.57. The lowest BCUT2D eigenvalue weighted by molar-refractivity contribution is 0.104. The van der Waals surface area contributed by atoms with Crippen molar-refractivity contribution in [1.82, 2.24) is 0 Å². The number of hydrogen-bond donors (Lipinski definition) is 3. The summed E-state index contributed by atoms with van der Waals surface area (Å²) in [7, 11) is 1.36. The van der Waals surface area contributed by atoms with E-state index < -0.39 is 0 Å². The van der Waals surface area contributed by atoms with Crippen LogP contribution in [0, 0.1) is 5.41 Å². The van der Waals surface area contributed by atoms with E-state index in [2.05, 4.69) is 0 Å². The number of allylic oxidation sites excluding steroid dienone is 2. The zero-order valence-electron chi connectivity index (χ0n) is 8.57. The number of nitrogens with two attached hydrogens (primary N) is 1. The summed E-state index contributed by atoms with van der Waals surface area (Å²) in [5.74, 6) is -0.389. The van der Waals surface area contributed by atoms with Gasteiger partial charge in [0.1, 0.15) is 17.2 Å². The molecule has 0 atom stereocenters. The standard InChI is InChI=1S/C11H10N2O3/c1-16-8-4-7(15)9-5(12)2-3-6(14)10(9)11(8)13/h2-4,13-14H,12H2,1H3. The fourth-order valence-corrected chi connectivity index (χ4v) is 1.67. The van der Waals surface area contributed by atoms with E-state index in [0.29, 0.717) is 0 Å². The van der Waals surface area contributed by atoms with E-state index in [1.54, 1.807) is 0 Å². The molecule has 0 saturated heterocycles. The monoisotopic (exact) mass is 218 g/mol. The summed E-state index contributed by atoms with van der Waals surface area (Å²) < 4.78 is 4.89. The highest BCUT2D eigenvalue weighted by molar-refractivity contribution is 6.27. The number of anilines is 1. The van der Waals surface area contributed by atoms with Crippen molar-refractivity contribution in [2.45, 2.75) is 0 Å². The van der Waals surface area contributed by atoms with Gasteiger partial charge in [-0.1, -0.05) is 0 Å². The van der Waals surface area contributed by atoms with E-state index in [0.717, 1.165) is 0 Å². The van der Waals surface area contributed by atoms with Crippen molar-refractivity contribution in [2.24, 2.45) is 0 Å². The molecule has 0 unspecified atom stereocenters. The van der Waals surface area contributed by atoms with Gasteiger partial charge in [0.05, 0.1) is 18.2 Å². The van der Waals surface area contributed by atoms with Gasteiger partial charge in [-0.25, -0.2) is 0 Å². The Kier molecular flexibility index (Phi) is 2.16. The highest BCUT2D eigenvalue weighted by atomic mass is 16.5. The Labute approximate surface area is 91.7 Å². The van der Waals surface area contributed by atoms with Crippen LogP contribution in [-0.2, 0) is 4.74 Å². The van der Waals surface area contributed by atoms with Gasteiger partial charge in [0, 0.05) is 11.8 Å². The van der Waals surface area contributed by atoms with Gasteiger partial charge < -0.3 is 15.6 Å². The number of methoxy groups -OCH3 is 1. The van der Waals surface area contributed by atoms with Crippen LogP contribution in [0.25, 0.3) is 0 Å². The molecule has 0 fully saturated rings. The van der Waals surface area contributed by atoms with Crippen LogP contribution in [-0.4, -0.2) is 23.7 Å². The van der Waals surface area contributed by atoms with Gasteiger partial charge in [0.15, 0.2) is 5.78 Å². The maximum Gasteiger partial charge on any atom is 0.192 e. The van der Waals surface area contributed by atoms with Crippen LogP contribution in [0.4, 0.5) is 5.69 Å². The topological polar surface area (TPSA) is 96.4 Å². The maximum absolute atomic E-state index is 11.7. The van der Waals surface area contributed by atoms with Crippen molar-refractivity contribution in [3.05, 3.63) is 35.1 Å². The highest BCUT2D eigenvalue weighted by Crippen LogP contribution is 2.32. The molecule has 5 nitrogen and oxygen atoms in total. The molecule has 16 heavy (non-hydrogen) atoms. The van der Waals surface area contributed by atoms with Gasteiger partial charge in [-0.05, 0) is 12.1 Å². The minimum absolute atomic E-state index is 0.0399. The fourth-order valence-electron chi connectivity index (χ4n) is 1.67. The third-order valence-corrected chi connectivity index (χ3v) is 2.44. The van der Waals surface area contributed by atoms with E-state index in [4.69, 9.17) is 15.9 Å². The largest absolute Gasteiger partial charge is 0.507 e. The third kappa shape index (κ3) is 1.25. The highest BCUT2D eigenvalue weighted by Gasteiger charge is 2.28. The second-order valence-electron chi connectivity index (χ2n) is 3.38. The number of nitrogen functional groups attached to an aromatic ring is 1. The average Bonchev–Trinajstić information content (AvgIpc) is 2.26. The van der Waals surface area contributed by atoms with Crippen LogP contribution in [0.2, 0.25) is 0 Å². The zero-order chi connectivity index (χ0) is 11.9. The number of rotatable bonds is 1. The van der Waals surface area contributed by atoms with Crippen LogP contribution < -0.4 is 5.73 Å². The summed E-state index contributed by atoms with van der Waals surface area (Å²) in [6, 6.07) is 2.79. The summed E-state index contributed by atoms with van der Waals surface area (Å²) in [6.45, 7) is 0. The average molecular weight is 218 g/mol. The number of fused-ring (bicyclic) bond motifs is 1. The van der Waals surface area contributed by atoms with Crippen LogP contribution >= 0.6 is 0 Å². The van der Waals surface area contributed by atoms with Crippen molar-refractivity contribution in [1.29, 1.82) is 5.41 Å². The molecule has 1 aliphatic carbocycles. The lowest BCUT2D eigenvalue weighted by Gasteiger charge is -2.18. The van der Waals surface area contributed by atoms with Crippen LogP contribution in [0.15, 0.2) is 24.0 Å². The predicted molar refractivity (Wildman–Crippen MR) is 58.8 cm³/mol. The normalized spacial score (nSPS) is 14.4. The molecule has 0 aromatic heterocycles. The molecule has 82 valence electrons. The Morgan fingerprint density at radius 1 is 1.38 bits per heavy atom. The second-order valence-corrected chi connectivity index (χ2v) is 3.38. The molecule has 5 heteroatoms. The number of carbonyl (C=O) groups is 1. The summed E-state index contributed by atoms with van der Waals surface area (Å²) >= 11 is 0. The van der Waals surface area contributed by atoms with Crippen LogP contribution in [0.1, 0.15) is 15.9 Å². The summed E-state index contributed by atoms with van der Waals surface area (Å²) in [5, 5.41) is 17.4. The Bertz CT molecular complexity index is 532. The number of hydrogen-bond acceptors (Lipinski definition) is 5. The minimum atomic E-state index is -0.365. The second kappa shape index (κ2) is 3.37. The van der Waals surface area contributed by atoms with E-state index in [9.17, 15) is 9.90 Å². The minimum Gasteiger partial charge on any atom is -0.507 e. The summed E-state index contributed by atoms with van der Waals surface area (Å²) in [4.78, 5) is 11.7. The number of carbonyl (C=O) groups excluding carboxylic acids is 1. The van der Waals surface area contributed by atoms with E-state index in [1.165, 1.54) is 25.3 Å². The molecule has 0 saturated carbocycles. The van der Waals surface area contributed by atoms with Crippen molar-refractivity contribution < 1.29 is 14.6 Å². The molecule has 0 radical (unpaired) electrons. The van der Waals surface area contributed by atoms with Crippen LogP contribution in [0.3, 0.4) is 0 Å². The summed E-state index contributed by atoms with van der Waals surface area (Å²) in [5.41, 5.74) is 6.14. The van der Waals surface area contributed by atoms with Gasteiger partial charge in [-0.2, -0.15) is 0 Å². The van der Waals surface area contributed by atoms with E-state index in [-0.39, 0.29) is 39.8 Å². The Hall–Kier alpha value is -2.30.